The van der Waals surface area contributed by atoms with Crippen LogP contribution < -0.4 is 5.56 Å². The standard InChI is InChI=1S/C18H21N3O3/c22-17(21-9-10-24-16-8-4-3-7-15(16)21)11-20-12-19-14-6-2-1-5-13(14)18(20)23/h1-2,5-6,12,15-16H,3-4,7-11H2/t15-,16+/m0/s1. The summed E-state index contributed by atoms with van der Waals surface area (Å²) in [7, 11) is 0. The van der Waals surface area contributed by atoms with Crippen molar-refractivity contribution in [3.05, 3.63) is 40.9 Å². The molecule has 1 aromatic heterocycles. The second kappa shape index (κ2) is 6.36. The van der Waals surface area contributed by atoms with Gasteiger partial charge in [0.2, 0.25) is 5.91 Å². The van der Waals surface area contributed by atoms with Crippen molar-refractivity contribution < 1.29 is 9.53 Å². The molecule has 2 aromatic rings. The maximum atomic E-state index is 12.8. The first-order chi connectivity index (χ1) is 11.7. The lowest BCUT2D eigenvalue weighted by Crippen LogP contribution is -2.55. The molecular formula is C18H21N3O3. The SMILES string of the molecule is O=C(Cn1cnc2ccccc2c1=O)N1CCO[C@@H]2CCCC[C@@H]21. The number of carbonyl (C=O) groups is 1. The summed E-state index contributed by atoms with van der Waals surface area (Å²) in [6.07, 6.45) is 5.93. The molecule has 6 nitrogen and oxygen atoms in total. The molecule has 0 unspecified atom stereocenters. The molecule has 1 amide bonds. The Bertz CT molecular complexity index is 815. The lowest BCUT2D eigenvalue weighted by atomic mass is 9.90. The Balaban J connectivity index is 1.57. The number of amides is 1. The summed E-state index contributed by atoms with van der Waals surface area (Å²) in [5.41, 5.74) is 0.493. The summed E-state index contributed by atoms with van der Waals surface area (Å²) >= 11 is 0. The molecule has 1 saturated heterocycles. The number of hydrogen-bond acceptors (Lipinski definition) is 4. The van der Waals surface area contributed by atoms with Crippen LogP contribution in [0.5, 0.6) is 0 Å². The molecule has 1 aromatic carbocycles. The Morgan fingerprint density at radius 3 is 3.00 bits per heavy atom. The van der Waals surface area contributed by atoms with Gasteiger partial charge in [0.15, 0.2) is 0 Å². The van der Waals surface area contributed by atoms with Gasteiger partial charge in [0.25, 0.3) is 5.56 Å². The third-order valence-corrected chi connectivity index (χ3v) is 5.09. The molecular weight excluding hydrogens is 306 g/mol. The number of para-hydroxylation sites is 1. The first kappa shape index (κ1) is 15.3. The second-order valence-corrected chi connectivity index (χ2v) is 6.54. The molecule has 2 fully saturated rings. The van der Waals surface area contributed by atoms with Gasteiger partial charge in [-0.15, -0.1) is 0 Å². The van der Waals surface area contributed by atoms with Crippen LogP contribution in [0.25, 0.3) is 10.9 Å². The molecule has 126 valence electrons. The van der Waals surface area contributed by atoms with E-state index in [0.717, 1.165) is 25.7 Å². The fraction of sp³-hybridized carbons (Fsp3) is 0.500. The van der Waals surface area contributed by atoms with Crippen LogP contribution in [0.2, 0.25) is 0 Å². The van der Waals surface area contributed by atoms with Crippen LogP contribution in [-0.2, 0) is 16.1 Å². The molecule has 0 spiro atoms. The van der Waals surface area contributed by atoms with Gasteiger partial charge in [0.1, 0.15) is 6.54 Å². The molecule has 0 radical (unpaired) electrons. The highest BCUT2D eigenvalue weighted by Crippen LogP contribution is 2.28. The minimum atomic E-state index is -0.164. The van der Waals surface area contributed by atoms with Crippen LogP contribution in [0.3, 0.4) is 0 Å². The zero-order valence-corrected chi connectivity index (χ0v) is 13.6. The normalized spacial score (nSPS) is 23.9. The number of morpholine rings is 1. The molecule has 2 heterocycles. The van der Waals surface area contributed by atoms with Crippen LogP contribution in [-0.4, -0.2) is 45.7 Å². The average molecular weight is 327 g/mol. The van der Waals surface area contributed by atoms with Gasteiger partial charge in [-0.2, -0.15) is 0 Å². The molecule has 2 atom stereocenters. The van der Waals surface area contributed by atoms with Crippen LogP contribution in [0.15, 0.2) is 35.4 Å². The molecule has 0 N–H and O–H groups in total. The number of fused-ring (bicyclic) bond motifs is 2. The van der Waals surface area contributed by atoms with E-state index >= 15 is 0 Å². The van der Waals surface area contributed by atoms with Crippen LogP contribution >= 0.6 is 0 Å². The summed E-state index contributed by atoms with van der Waals surface area (Å²) in [6, 6.07) is 7.37. The predicted molar refractivity (Wildman–Crippen MR) is 89.7 cm³/mol. The highest BCUT2D eigenvalue weighted by molar-refractivity contribution is 5.79. The van der Waals surface area contributed by atoms with E-state index in [4.69, 9.17) is 4.74 Å². The number of hydrogen-bond donors (Lipinski definition) is 0. The van der Waals surface area contributed by atoms with Crippen molar-refractivity contribution in [1.29, 1.82) is 0 Å². The number of nitrogens with zero attached hydrogens (tertiary/aromatic N) is 3. The van der Waals surface area contributed by atoms with Gasteiger partial charge in [-0.3, -0.25) is 14.2 Å². The fourth-order valence-corrected chi connectivity index (χ4v) is 3.86. The van der Waals surface area contributed by atoms with Crippen molar-refractivity contribution >= 4 is 16.8 Å². The summed E-state index contributed by atoms with van der Waals surface area (Å²) < 4.78 is 7.23. The third kappa shape index (κ3) is 2.71. The summed E-state index contributed by atoms with van der Waals surface area (Å²) in [6.45, 7) is 1.23. The first-order valence-electron chi connectivity index (χ1n) is 8.59. The van der Waals surface area contributed by atoms with E-state index in [1.54, 1.807) is 12.1 Å². The lowest BCUT2D eigenvalue weighted by molar-refractivity contribution is -0.150. The van der Waals surface area contributed by atoms with Gasteiger partial charge in [-0.05, 0) is 25.0 Å². The van der Waals surface area contributed by atoms with Gasteiger partial charge in [-0.1, -0.05) is 25.0 Å². The monoisotopic (exact) mass is 327 g/mol. The quantitative estimate of drug-likeness (QED) is 0.840. The third-order valence-electron chi connectivity index (χ3n) is 5.09. The summed E-state index contributed by atoms with van der Waals surface area (Å²) in [5, 5.41) is 0.547. The van der Waals surface area contributed by atoms with Crippen molar-refractivity contribution in [2.75, 3.05) is 13.2 Å². The Hall–Kier alpha value is -2.21. The highest BCUT2D eigenvalue weighted by atomic mass is 16.5. The average Bonchev–Trinajstić information content (AvgIpc) is 2.63. The largest absolute Gasteiger partial charge is 0.374 e. The van der Waals surface area contributed by atoms with E-state index in [9.17, 15) is 9.59 Å². The maximum Gasteiger partial charge on any atom is 0.261 e. The predicted octanol–water partition coefficient (Wildman–Crippen LogP) is 1.57. The first-order valence-corrected chi connectivity index (χ1v) is 8.59. The molecule has 24 heavy (non-hydrogen) atoms. The van der Waals surface area contributed by atoms with E-state index in [1.165, 1.54) is 10.9 Å². The number of carbonyl (C=O) groups excluding carboxylic acids is 1. The smallest absolute Gasteiger partial charge is 0.261 e. The lowest BCUT2D eigenvalue weighted by Gasteiger charge is -2.43. The Morgan fingerprint density at radius 2 is 2.08 bits per heavy atom. The van der Waals surface area contributed by atoms with Gasteiger partial charge >= 0.3 is 0 Å². The van der Waals surface area contributed by atoms with Gasteiger partial charge in [-0.25, -0.2) is 4.98 Å². The Morgan fingerprint density at radius 1 is 1.25 bits per heavy atom. The maximum absolute atomic E-state index is 12.8. The van der Waals surface area contributed by atoms with Crippen molar-refractivity contribution in [3.8, 4) is 0 Å². The van der Waals surface area contributed by atoms with Gasteiger partial charge < -0.3 is 9.64 Å². The van der Waals surface area contributed by atoms with E-state index in [1.807, 2.05) is 17.0 Å². The molecule has 6 heteroatoms. The Labute approximate surface area is 140 Å². The van der Waals surface area contributed by atoms with Crippen LogP contribution in [0.4, 0.5) is 0 Å². The number of ether oxygens (including phenoxy) is 1. The number of benzene rings is 1. The molecule has 2 aliphatic rings. The fourth-order valence-electron chi connectivity index (χ4n) is 3.86. The zero-order valence-electron chi connectivity index (χ0n) is 13.6. The Kier molecular flexibility index (Phi) is 4.06. The van der Waals surface area contributed by atoms with Crippen molar-refractivity contribution in [2.45, 2.75) is 44.4 Å². The number of rotatable bonds is 2. The number of aromatic nitrogens is 2. The van der Waals surface area contributed by atoms with E-state index < -0.39 is 0 Å². The molecule has 1 aliphatic carbocycles. The molecule has 1 saturated carbocycles. The highest BCUT2D eigenvalue weighted by Gasteiger charge is 2.36. The topological polar surface area (TPSA) is 64.4 Å². The van der Waals surface area contributed by atoms with Crippen molar-refractivity contribution in [3.63, 3.8) is 0 Å². The van der Waals surface area contributed by atoms with E-state index in [0.29, 0.717) is 24.1 Å². The molecule has 0 bridgehead atoms. The second-order valence-electron chi connectivity index (χ2n) is 6.54. The van der Waals surface area contributed by atoms with Crippen molar-refractivity contribution in [1.82, 2.24) is 14.5 Å². The molecule has 1 aliphatic heterocycles. The van der Waals surface area contributed by atoms with Crippen molar-refractivity contribution in [2.24, 2.45) is 0 Å². The van der Waals surface area contributed by atoms with E-state index in [2.05, 4.69) is 4.98 Å². The van der Waals surface area contributed by atoms with Gasteiger partial charge in [0, 0.05) is 6.54 Å². The zero-order chi connectivity index (χ0) is 16.5. The molecule has 4 rings (SSSR count). The summed E-state index contributed by atoms with van der Waals surface area (Å²) in [5.74, 6) is -0.0191. The van der Waals surface area contributed by atoms with Gasteiger partial charge in [0.05, 0.1) is 36.0 Å². The minimum Gasteiger partial charge on any atom is -0.374 e. The van der Waals surface area contributed by atoms with Crippen LogP contribution in [0, 0.1) is 0 Å². The van der Waals surface area contributed by atoms with Crippen LogP contribution in [0.1, 0.15) is 25.7 Å². The van der Waals surface area contributed by atoms with E-state index in [-0.39, 0.29) is 30.2 Å². The minimum absolute atomic E-state index is 0.0191. The summed E-state index contributed by atoms with van der Waals surface area (Å²) in [4.78, 5) is 31.6.